The Balaban J connectivity index is 1.35. The van der Waals surface area contributed by atoms with E-state index in [2.05, 4.69) is 24.4 Å². The summed E-state index contributed by atoms with van der Waals surface area (Å²) < 4.78 is 0. The van der Waals surface area contributed by atoms with Gasteiger partial charge in [0.2, 0.25) is 5.91 Å². The highest BCUT2D eigenvalue weighted by molar-refractivity contribution is 7.13. The maximum absolute atomic E-state index is 12.4. The molecule has 0 aliphatic heterocycles. The zero-order valence-corrected chi connectivity index (χ0v) is 19.8. The number of carbonyl (C=O) groups is 2. The lowest BCUT2D eigenvalue weighted by atomic mass is 10.0. The summed E-state index contributed by atoms with van der Waals surface area (Å²) in [6.07, 6.45) is 0.340. The Kier molecular flexibility index (Phi) is 6.80. The van der Waals surface area contributed by atoms with Crippen LogP contribution in [0.1, 0.15) is 39.9 Å². The molecule has 4 aromatic rings. The van der Waals surface area contributed by atoms with Crippen LogP contribution in [0.15, 0.2) is 72.1 Å². The number of hydrogen-bond donors (Lipinski definition) is 1. The fourth-order valence-corrected chi connectivity index (χ4v) is 4.50. The molecule has 166 valence electrons. The molecule has 0 fully saturated rings. The fourth-order valence-electron chi connectivity index (χ4n) is 3.58. The lowest BCUT2D eigenvalue weighted by molar-refractivity contribution is -0.116. The number of nitrogens with zero attached hydrogens (tertiary/aromatic N) is 1. The summed E-state index contributed by atoms with van der Waals surface area (Å²) in [5.74, 6) is -0.188. The zero-order chi connectivity index (χ0) is 23.4. The van der Waals surface area contributed by atoms with E-state index < -0.39 is 0 Å². The van der Waals surface area contributed by atoms with Crippen molar-refractivity contribution in [2.24, 2.45) is 0 Å². The third-order valence-electron chi connectivity index (χ3n) is 5.75. The number of carbonyl (C=O) groups excluding carboxylic acids is 2. The molecule has 0 aliphatic carbocycles. The van der Waals surface area contributed by atoms with E-state index in [1.165, 1.54) is 5.56 Å². The van der Waals surface area contributed by atoms with Crippen molar-refractivity contribution >= 4 is 28.7 Å². The van der Waals surface area contributed by atoms with E-state index in [-0.39, 0.29) is 24.5 Å². The van der Waals surface area contributed by atoms with Crippen molar-refractivity contribution in [2.45, 2.75) is 33.6 Å². The molecule has 1 amide bonds. The van der Waals surface area contributed by atoms with E-state index in [1.807, 2.05) is 73.8 Å². The largest absolute Gasteiger partial charge is 0.326 e. The van der Waals surface area contributed by atoms with Crippen LogP contribution in [0, 0.1) is 20.8 Å². The van der Waals surface area contributed by atoms with Crippen LogP contribution < -0.4 is 5.32 Å². The maximum atomic E-state index is 12.4. The standard InChI is InChI=1S/C28H26N2O2S/c1-18-8-9-22(16-20(18)3)26(31)14-15-27(32)29-23-12-10-21(11-13-23)25-17-33-28(30-25)24-7-5-4-6-19(24)2/h4-13,16-17H,14-15H2,1-3H3,(H,29,32). The van der Waals surface area contributed by atoms with Crippen LogP contribution in [0.5, 0.6) is 0 Å². The number of thiazole rings is 1. The van der Waals surface area contributed by atoms with E-state index >= 15 is 0 Å². The summed E-state index contributed by atoms with van der Waals surface area (Å²) in [6, 6.07) is 21.5. The van der Waals surface area contributed by atoms with Crippen LogP contribution in [-0.4, -0.2) is 16.7 Å². The van der Waals surface area contributed by atoms with Gasteiger partial charge in [-0.3, -0.25) is 9.59 Å². The minimum atomic E-state index is -0.171. The number of rotatable bonds is 7. The number of aromatic nitrogens is 1. The molecular weight excluding hydrogens is 428 g/mol. The van der Waals surface area contributed by atoms with E-state index in [9.17, 15) is 9.59 Å². The van der Waals surface area contributed by atoms with Gasteiger partial charge in [-0.15, -0.1) is 11.3 Å². The van der Waals surface area contributed by atoms with Gasteiger partial charge in [-0.2, -0.15) is 0 Å². The molecular formula is C28H26N2O2S. The number of aryl methyl sites for hydroxylation is 3. The molecule has 5 heteroatoms. The van der Waals surface area contributed by atoms with E-state index in [1.54, 1.807) is 11.3 Å². The molecule has 1 N–H and O–H groups in total. The summed E-state index contributed by atoms with van der Waals surface area (Å²) in [6.45, 7) is 6.08. The van der Waals surface area contributed by atoms with E-state index in [0.29, 0.717) is 11.3 Å². The van der Waals surface area contributed by atoms with Crippen LogP contribution in [0.25, 0.3) is 21.8 Å². The average Bonchev–Trinajstić information content (AvgIpc) is 3.30. The SMILES string of the molecule is Cc1ccc(C(=O)CCC(=O)Nc2ccc(-c3csc(-c4ccccc4C)n3)cc2)cc1C. The molecule has 0 saturated heterocycles. The highest BCUT2D eigenvalue weighted by Gasteiger charge is 2.12. The Morgan fingerprint density at radius 3 is 2.33 bits per heavy atom. The van der Waals surface area contributed by atoms with Gasteiger partial charge in [0.1, 0.15) is 5.01 Å². The first-order valence-corrected chi connectivity index (χ1v) is 11.8. The Bertz CT molecular complexity index is 1310. The predicted octanol–water partition coefficient (Wildman–Crippen LogP) is 7.00. The van der Waals surface area contributed by atoms with Gasteiger partial charge in [-0.1, -0.05) is 48.5 Å². The maximum Gasteiger partial charge on any atom is 0.224 e. The predicted molar refractivity (Wildman–Crippen MR) is 136 cm³/mol. The quantitative estimate of drug-likeness (QED) is 0.306. The number of Topliss-reactive ketones (excluding diaryl/α,β-unsaturated/α-hetero) is 1. The summed E-state index contributed by atoms with van der Waals surface area (Å²) in [5.41, 5.74) is 7.85. The number of ketones is 1. The van der Waals surface area contributed by atoms with Crippen molar-refractivity contribution in [1.29, 1.82) is 0 Å². The second kappa shape index (κ2) is 9.92. The van der Waals surface area contributed by atoms with Crippen molar-refractivity contribution < 1.29 is 9.59 Å². The monoisotopic (exact) mass is 454 g/mol. The molecule has 1 heterocycles. The number of hydrogen-bond acceptors (Lipinski definition) is 4. The molecule has 0 atom stereocenters. The van der Waals surface area contributed by atoms with Crippen molar-refractivity contribution in [2.75, 3.05) is 5.32 Å². The first-order valence-electron chi connectivity index (χ1n) is 10.9. The van der Waals surface area contributed by atoms with Crippen LogP contribution in [0.3, 0.4) is 0 Å². The Hall–Kier alpha value is -3.57. The third-order valence-corrected chi connectivity index (χ3v) is 6.63. The summed E-state index contributed by atoms with van der Waals surface area (Å²) >= 11 is 1.62. The zero-order valence-electron chi connectivity index (χ0n) is 19.0. The Morgan fingerprint density at radius 1 is 0.848 bits per heavy atom. The fraction of sp³-hybridized carbons (Fsp3) is 0.179. The first kappa shape index (κ1) is 22.6. The molecule has 4 nitrogen and oxygen atoms in total. The second-order valence-electron chi connectivity index (χ2n) is 8.20. The van der Waals surface area contributed by atoms with Gasteiger partial charge in [0, 0.05) is 40.6 Å². The molecule has 4 rings (SSSR count). The summed E-state index contributed by atoms with van der Waals surface area (Å²) in [7, 11) is 0. The lowest BCUT2D eigenvalue weighted by Crippen LogP contribution is -2.13. The highest BCUT2D eigenvalue weighted by Crippen LogP contribution is 2.31. The van der Waals surface area contributed by atoms with Crippen molar-refractivity contribution in [1.82, 2.24) is 4.98 Å². The number of nitrogens with one attached hydrogen (secondary N) is 1. The molecule has 0 bridgehead atoms. The molecule has 0 aliphatic rings. The third kappa shape index (κ3) is 5.44. The lowest BCUT2D eigenvalue weighted by Gasteiger charge is -2.07. The van der Waals surface area contributed by atoms with E-state index in [4.69, 9.17) is 4.98 Å². The molecule has 0 saturated carbocycles. The van der Waals surface area contributed by atoms with Gasteiger partial charge in [0.15, 0.2) is 5.78 Å². The van der Waals surface area contributed by atoms with E-state index in [0.717, 1.165) is 33.0 Å². The Labute approximate surface area is 198 Å². The number of amides is 1. The van der Waals surface area contributed by atoms with Crippen LogP contribution in [-0.2, 0) is 4.79 Å². The van der Waals surface area contributed by atoms with Gasteiger partial charge >= 0.3 is 0 Å². The smallest absolute Gasteiger partial charge is 0.224 e. The van der Waals surface area contributed by atoms with Gasteiger partial charge < -0.3 is 5.32 Å². The average molecular weight is 455 g/mol. The van der Waals surface area contributed by atoms with Crippen LogP contribution in [0.4, 0.5) is 5.69 Å². The Morgan fingerprint density at radius 2 is 1.61 bits per heavy atom. The van der Waals surface area contributed by atoms with Gasteiger partial charge in [-0.05, 0) is 55.7 Å². The van der Waals surface area contributed by atoms with Crippen molar-refractivity contribution in [3.8, 4) is 21.8 Å². The number of anilines is 1. The topological polar surface area (TPSA) is 59.1 Å². The highest BCUT2D eigenvalue weighted by atomic mass is 32.1. The van der Waals surface area contributed by atoms with Crippen molar-refractivity contribution in [3.05, 3.63) is 94.4 Å². The van der Waals surface area contributed by atoms with Crippen LogP contribution >= 0.6 is 11.3 Å². The second-order valence-corrected chi connectivity index (χ2v) is 9.06. The summed E-state index contributed by atoms with van der Waals surface area (Å²) in [5, 5.41) is 5.92. The number of benzene rings is 3. The minimum absolute atomic E-state index is 0.0170. The molecule has 0 spiro atoms. The molecule has 1 aromatic heterocycles. The molecule has 3 aromatic carbocycles. The minimum Gasteiger partial charge on any atom is -0.326 e. The first-order chi connectivity index (χ1) is 15.9. The van der Waals surface area contributed by atoms with Crippen LogP contribution in [0.2, 0.25) is 0 Å². The normalized spacial score (nSPS) is 10.8. The van der Waals surface area contributed by atoms with Gasteiger partial charge in [0.05, 0.1) is 5.69 Å². The van der Waals surface area contributed by atoms with Crippen molar-refractivity contribution in [3.63, 3.8) is 0 Å². The van der Waals surface area contributed by atoms with Gasteiger partial charge in [-0.25, -0.2) is 4.98 Å². The molecule has 0 radical (unpaired) electrons. The summed E-state index contributed by atoms with van der Waals surface area (Å²) in [4.78, 5) is 29.5. The van der Waals surface area contributed by atoms with Gasteiger partial charge in [0.25, 0.3) is 0 Å². The molecule has 0 unspecified atom stereocenters. The molecule has 33 heavy (non-hydrogen) atoms.